The highest BCUT2D eigenvalue weighted by atomic mass is 16.6. The molecule has 4 N–H and O–H groups in total. The zero-order valence-electron chi connectivity index (χ0n) is 5.41. The molecule has 5 heteroatoms. The Kier molecular flexibility index (Phi) is 2.08. The van der Waals surface area contributed by atoms with E-state index in [0.29, 0.717) is 12.2 Å². The van der Waals surface area contributed by atoms with Crippen LogP contribution in [-0.2, 0) is 4.74 Å². The lowest BCUT2D eigenvalue weighted by Gasteiger charge is -1.87. The molecule has 2 saturated heterocycles. The largest absolute Gasteiger partial charge is 0.465 e. The van der Waals surface area contributed by atoms with Crippen LogP contribution in [0.1, 0.15) is 0 Å². The van der Waals surface area contributed by atoms with Crippen LogP contribution in [0.25, 0.3) is 0 Å². The molecular weight excluding hydrogens is 136 g/mol. The van der Waals surface area contributed by atoms with Crippen LogP contribution in [0.5, 0.6) is 0 Å². The summed E-state index contributed by atoms with van der Waals surface area (Å²) in [5.74, 6) is 0. The lowest BCUT2D eigenvalue weighted by molar-refractivity contribution is 0.205. The van der Waals surface area contributed by atoms with Crippen molar-refractivity contribution in [1.82, 2.24) is 5.32 Å². The number of morpholine rings is 1. The van der Waals surface area contributed by atoms with Gasteiger partial charge >= 0.3 is 6.09 Å². The van der Waals surface area contributed by atoms with Gasteiger partial charge < -0.3 is 20.9 Å². The highest BCUT2D eigenvalue weighted by molar-refractivity contribution is 5.61. The van der Waals surface area contributed by atoms with Crippen LogP contribution >= 0.6 is 0 Å². The maximum Gasteiger partial charge on any atom is 0.402 e. The maximum atomic E-state index is 8.78. The molecule has 58 valence electrons. The van der Waals surface area contributed by atoms with E-state index in [2.05, 4.69) is 11.1 Å². The second-order valence-electron chi connectivity index (χ2n) is 2.21. The Balaban J connectivity index is 0.000000112. The molecule has 0 saturated carbocycles. The lowest BCUT2D eigenvalue weighted by Crippen LogP contribution is -2.13. The Morgan fingerprint density at radius 3 is 2.10 bits per heavy atom. The molecule has 1 amide bonds. The molecule has 5 nitrogen and oxygen atoms in total. The van der Waals surface area contributed by atoms with Crippen molar-refractivity contribution in [3.8, 4) is 0 Å². The van der Waals surface area contributed by atoms with Gasteiger partial charge in [-0.25, -0.2) is 4.79 Å². The number of fused-ring (bicyclic) bond motifs is 1. The van der Waals surface area contributed by atoms with Crippen molar-refractivity contribution >= 4 is 6.09 Å². The summed E-state index contributed by atoms with van der Waals surface area (Å²) in [5, 5.41) is 10.4. The third-order valence-corrected chi connectivity index (χ3v) is 1.38. The number of primary amides is 1. The number of nitrogens with one attached hydrogen (secondary N) is 1. The zero-order chi connectivity index (χ0) is 7.56. The number of nitrogens with two attached hydrogens (primary N) is 1. The zero-order valence-corrected chi connectivity index (χ0v) is 5.41. The number of hydrogen-bond acceptors (Lipinski definition) is 3. The number of hydrogen-bond donors (Lipinski definition) is 3. The monoisotopic (exact) mass is 146 g/mol. The average Bonchev–Trinajstić information content (AvgIpc) is 2.40. The van der Waals surface area contributed by atoms with E-state index in [-0.39, 0.29) is 0 Å². The third kappa shape index (κ3) is 2.20. The fraction of sp³-hybridized carbons (Fsp3) is 0.800. The molecule has 2 fully saturated rings. The second-order valence-corrected chi connectivity index (χ2v) is 2.21. The predicted molar refractivity (Wildman–Crippen MR) is 33.7 cm³/mol. The standard InChI is InChI=1S/C4H7NO.CH3NO2/c1-3-4(6-3)2-5-1;2-1(3)4/h3-5H,1-2H2;2H2,(H,3,4). The highest BCUT2D eigenvalue weighted by Gasteiger charge is 2.42. The molecule has 0 aliphatic carbocycles. The third-order valence-electron chi connectivity index (χ3n) is 1.38. The molecule has 0 bridgehead atoms. The predicted octanol–water partition coefficient (Wildman–Crippen LogP) is -1.02. The van der Waals surface area contributed by atoms with Crippen molar-refractivity contribution in [1.29, 1.82) is 0 Å². The van der Waals surface area contributed by atoms with Crippen molar-refractivity contribution in [3.63, 3.8) is 0 Å². The van der Waals surface area contributed by atoms with E-state index in [9.17, 15) is 0 Å². The number of rotatable bonds is 0. The molecule has 2 heterocycles. The van der Waals surface area contributed by atoms with Crippen molar-refractivity contribution in [2.45, 2.75) is 12.2 Å². The van der Waals surface area contributed by atoms with Gasteiger partial charge in [-0.2, -0.15) is 0 Å². The first-order valence-electron chi connectivity index (χ1n) is 3.04. The molecule has 2 aliphatic heterocycles. The molecule has 2 atom stereocenters. The first kappa shape index (κ1) is 7.30. The summed E-state index contributed by atoms with van der Waals surface area (Å²) >= 11 is 0. The Bertz CT molecular complexity index is 127. The molecule has 0 spiro atoms. The van der Waals surface area contributed by atoms with E-state index in [0.717, 1.165) is 13.1 Å². The quantitative estimate of drug-likeness (QED) is 0.382. The molecule has 0 aromatic rings. The number of carboxylic acid groups (broad SMARTS) is 1. The van der Waals surface area contributed by atoms with Crippen LogP contribution in [0.4, 0.5) is 4.79 Å². The summed E-state index contributed by atoms with van der Waals surface area (Å²) in [6.07, 6.45) is -0.130. The van der Waals surface area contributed by atoms with E-state index >= 15 is 0 Å². The van der Waals surface area contributed by atoms with Gasteiger partial charge in [0.05, 0.1) is 12.2 Å². The van der Waals surface area contributed by atoms with E-state index in [1.165, 1.54) is 0 Å². The summed E-state index contributed by atoms with van der Waals surface area (Å²) < 4.78 is 5.09. The smallest absolute Gasteiger partial charge is 0.402 e. The Labute approximate surface area is 58.2 Å². The fourth-order valence-corrected chi connectivity index (χ4v) is 0.906. The van der Waals surface area contributed by atoms with Crippen LogP contribution in [0, 0.1) is 0 Å². The molecule has 2 aliphatic rings. The van der Waals surface area contributed by atoms with E-state index in [4.69, 9.17) is 14.6 Å². The lowest BCUT2D eigenvalue weighted by atomic mass is 10.4. The second kappa shape index (κ2) is 2.85. The van der Waals surface area contributed by atoms with Crippen LogP contribution < -0.4 is 11.1 Å². The van der Waals surface area contributed by atoms with Gasteiger partial charge in [0.25, 0.3) is 0 Å². The van der Waals surface area contributed by atoms with Crippen molar-refractivity contribution in [2.24, 2.45) is 5.73 Å². The van der Waals surface area contributed by atoms with Gasteiger partial charge in [0.15, 0.2) is 0 Å². The first-order chi connectivity index (χ1) is 4.70. The number of carbonyl (C=O) groups is 1. The molecule has 0 aromatic carbocycles. The fourth-order valence-electron chi connectivity index (χ4n) is 0.906. The summed E-state index contributed by atoms with van der Waals surface area (Å²) in [6, 6.07) is 0. The SMILES string of the molecule is C1NCC2OC12.NC(=O)O. The normalized spacial score (nSPS) is 33.6. The molecule has 10 heavy (non-hydrogen) atoms. The van der Waals surface area contributed by atoms with Crippen molar-refractivity contribution < 1.29 is 14.6 Å². The minimum absolute atomic E-state index is 0.602. The summed E-state index contributed by atoms with van der Waals surface area (Å²) in [4.78, 5) is 8.78. The van der Waals surface area contributed by atoms with Gasteiger partial charge in [-0.1, -0.05) is 0 Å². The maximum absolute atomic E-state index is 8.78. The van der Waals surface area contributed by atoms with Crippen LogP contribution in [-0.4, -0.2) is 36.5 Å². The number of ether oxygens (including phenoxy) is 1. The summed E-state index contributed by atoms with van der Waals surface area (Å²) in [5.41, 5.74) is 4.03. The molecule has 0 aromatic heterocycles. The van der Waals surface area contributed by atoms with Gasteiger partial charge in [0.2, 0.25) is 0 Å². The highest BCUT2D eigenvalue weighted by Crippen LogP contribution is 2.24. The van der Waals surface area contributed by atoms with Crippen LogP contribution in [0.15, 0.2) is 0 Å². The minimum Gasteiger partial charge on any atom is -0.465 e. The van der Waals surface area contributed by atoms with Crippen molar-refractivity contribution in [2.75, 3.05) is 13.1 Å². The molecule has 2 rings (SSSR count). The number of epoxide rings is 1. The van der Waals surface area contributed by atoms with E-state index in [1.54, 1.807) is 0 Å². The Hall–Kier alpha value is -0.810. The number of amides is 1. The molecule has 0 radical (unpaired) electrons. The topological polar surface area (TPSA) is 87.9 Å². The van der Waals surface area contributed by atoms with Crippen LogP contribution in [0.3, 0.4) is 0 Å². The van der Waals surface area contributed by atoms with Gasteiger partial charge in [0.1, 0.15) is 0 Å². The van der Waals surface area contributed by atoms with Gasteiger partial charge in [-0.15, -0.1) is 0 Å². The summed E-state index contributed by atoms with van der Waals surface area (Å²) in [7, 11) is 0. The molecular formula is C5H10N2O3. The first-order valence-corrected chi connectivity index (χ1v) is 3.04. The molecule has 2 unspecified atom stereocenters. The Morgan fingerprint density at radius 1 is 1.60 bits per heavy atom. The van der Waals surface area contributed by atoms with Crippen molar-refractivity contribution in [3.05, 3.63) is 0 Å². The summed E-state index contributed by atoms with van der Waals surface area (Å²) in [6.45, 7) is 2.18. The van der Waals surface area contributed by atoms with Crippen LogP contribution in [0.2, 0.25) is 0 Å². The average molecular weight is 146 g/mol. The van der Waals surface area contributed by atoms with E-state index in [1.807, 2.05) is 0 Å². The van der Waals surface area contributed by atoms with E-state index < -0.39 is 6.09 Å². The van der Waals surface area contributed by atoms with Gasteiger partial charge in [-0.05, 0) is 0 Å². The minimum atomic E-state index is -1.33. The van der Waals surface area contributed by atoms with Gasteiger partial charge in [-0.3, -0.25) is 0 Å². The Morgan fingerprint density at radius 2 is 2.00 bits per heavy atom. The van der Waals surface area contributed by atoms with Gasteiger partial charge in [0, 0.05) is 13.1 Å².